The van der Waals surface area contributed by atoms with Gasteiger partial charge in [0.05, 0.1) is 44.8 Å². The summed E-state index contributed by atoms with van der Waals surface area (Å²) >= 11 is 1.82. The van der Waals surface area contributed by atoms with Gasteiger partial charge in [0, 0.05) is 10.1 Å². The Hall–Kier alpha value is -6.05. The number of methoxy groups -OCH3 is 3. The van der Waals surface area contributed by atoms with E-state index in [0.29, 0.717) is 3.57 Å². The Kier molecular flexibility index (Phi) is 15.5. The zero-order valence-electron chi connectivity index (χ0n) is 30.3. The van der Waals surface area contributed by atoms with Crippen molar-refractivity contribution in [2.45, 2.75) is 23.3 Å². The molecule has 0 fully saturated rings. The minimum absolute atomic E-state index is 0.0225. The SMILES string of the molecule is COc1cc(OC)nc(NC(=O)NS(=O)(=O)c2cc(CNS(C)(=O)=O)ccc2C(=O)O)n1.COc1nc(C)nc(NC(=O)NS(=O)(=O)c2cc(I)ccc2C(=O)O)n1. The lowest BCUT2D eigenvalue weighted by molar-refractivity contribution is 0.0682. The standard InChI is InChI=1S/C16H19N5O9S2.C13H12IN5O6S/c1-29-12-7-13(30-2)19-15(18-12)20-16(24)21-32(27,28)11-6-9(8-17-31(3,25)26)4-5-10(11)14(22)23;1-6-15-11(18-13(16-6)25-2)17-12(22)19-26(23,24)9-5-7(14)3-4-8(9)10(20)21/h4-7,17H,8H2,1-3H3,(H,22,23)(H2,18,19,20,21,24);3-5H,1-2H3,(H,20,21)(H2,15,16,17,18,19,22). The van der Waals surface area contributed by atoms with E-state index in [2.05, 4.69) is 40.3 Å². The molecule has 2 aromatic heterocycles. The number of sulfonamides is 3. The Morgan fingerprint density at radius 2 is 1.16 bits per heavy atom. The number of ether oxygens (including phenoxy) is 3. The van der Waals surface area contributed by atoms with Crippen LogP contribution in [-0.2, 0) is 36.6 Å². The summed E-state index contributed by atoms with van der Waals surface area (Å²) in [5.41, 5.74) is -0.960. The molecule has 0 atom stereocenters. The van der Waals surface area contributed by atoms with E-state index < -0.39 is 75.0 Å². The third-order valence-electron chi connectivity index (χ3n) is 6.48. The van der Waals surface area contributed by atoms with Gasteiger partial charge < -0.3 is 24.4 Å². The van der Waals surface area contributed by atoms with E-state index in [-0.39, 0.29) is 47.6 Å². The molecule has 0 spiro atoms. The molecular weight excluding hydrogens is 951 g/mol. The van der Waals surface area contributed by atoms with E-state index in [1.807, 2.05) is 22.6 Å². The maximum Gasteiger partial charge on any atom is 0.337 e. The molecule has 0 aliphatic heterocycles. The number of benzene rings is 2. The summed E-state index contributed by atoms with van der Waals surface area (Å²) in [5.74, 6) is -3.32. The van der Waals surface area contributed by atoms with Crippen LogP contribution in [-0.4, -0.2) is 112 Å². The van der Waals surface area contributed by atoms with Gasteiger partial charge in [-0.1, -0.05) is 6.07 Å². The van der Waals surface area contributed by atoms with Crippen LogP contribution in [0.4, 0.5) is 21.5 Å². The number of anilines is 2. The van der Waals surface area contributed by atoms with Crippen molar-refractivity contribution in [3.05, 3.63) is 68.5 Å². The highest BCUT2D eigenvalue weighted by atomic mass is 127. The first kappa shape index (κ1) is 46.3. The monoisotopic (exact) mass is 982 g/mol. The van der Waals surface area contributed by atoms with Crippen LogP contribution in [0.2, 0.25) is 0 Å². The number of carboxylic acids is 2. The maximum absolute atomic E-state index is 12.7. The van der Waals surface area contributed by atoms with Crippen LogP contribution in [0.5, 0.6) is 17.8 Å². The van der Waals surface area contributed by atoms with Gasteiger partial charge in [0.2, 0.25) is 33.7 Å². The fourth-order valence-electron chi connectivity index (χ4n) is 4.07. The van der Waals surface area contributed by atoms with Crippen LogP contribution < -0.4 is 39.0 Å². The number of hydrogen-bond acceptors (Lipinski definition) is 18. The highest BCUT2D eigenvalue weighted by Crippen LogP contribution is 2.21. The average molecular weight is 983 g/mol. The first-order valence-electron chi connectivity index (χ1n) is 15.2. The second kappa shape index (κ2) is 19.4. The van der Waals surface area contributed by atoms with Gasteiger partial charge in [-0.2, -0.15) is 24.9 Å². The van der Waals surface area contributed by atoms with Crippen molar-refractivity contribution in [2.75, 3.05) is 38.2 Å². The predicted molar refractivity (Wildman–Crippen MR) is 206 cm³/mol. The zero-order chi connectivity index (χ0) is 43.6. The Balaban J connectivity index is 0.000000317. The van der Waals surface area contributed by atoms with Crippen molar-refractivity contribution in [2.24, 2.45) is 0 Å². The number of aryl methyl sites for hydroxylation is 1. The normalized spacial score (nSPS) is 11.2. The second-order valence-corrected chi connectivity index (χ2v) is 17.1. The fraction of sp³-hybridized carbons (Fsp3) is 0.207. The molecule has 4 rings (SSSR count). The maximum atomic E-state index is 12.7. The van der Waals surface area contributed by atoms with E-state index in [9.17, 15) is 49.5 Å². The molecule has 58 heavy (non-hydrogen) atoms. The summed E-state index contributed by atoms with van der Waals surface area (Å²) < 4.78 is 93.3. The largest absolute Gasteiger partial charge is 0.481 e. The molecule has 312 valence electrons. The summed E-state index contributed by atoms with van der Waals surface area (Å²) in [6.45, 7) is 1.22. The van der Waals surface area contributed by atoms with Crippen LogP contribution in [0, 0.1) is 10.5 Å². The summed E-state index contributed by atoms with van der Waals surface area (Å²) in [6, 6.07) is 5.62. The molecule has 0 saturated heterocycles. The number of carbonyl (C=O) groups excluding carboxylic acids is 2. The predicted octanol–water partition coefficient (Wildman–Crippen LogP) is 0.753. The van der Waals surface area contributed by atoms with Crippen LogP contribution in [0.3, 0.4) is 0 Å². The number of hydrogen-bond donors (Lipinski definition) is 7. The smallest absolute Gasteiger partial charge is 0.337 e. The number of amides is 4. The minimum atomic E-state index is -4.70. The highest BCUT2D eigenvalue weighted by molar-refractivity contribution is 14.1. The third kappa shape index (κ3) is 13.6. The number of aromatic nitrogens is 5. The molecule has 0 aliphatic carbocycles. The van der Waals surface area contributed by atoms with Gasteiger partial charge in [-0.05, 0) is 65.4 Å². The number of aromatic carboxylic acids is 2. The summed E-state index contributed by atoms with van der Waals surface area (Å²) in [7, 11) is -8.83. The van der Waals surface area contributed by atoms with Crippen molar-refractivity contribution in [3.63, 3.8) is 0 Å². The van der Waals surface area contributed by atoms with Gasteiger partial charge in [0.15, 0.2) is 0 Å². The molecular formula is C29H31IN10O15S3. The number of nitrogens with zero attached hydrogens (tertiary/aromatic N) is 5. The van der Waals surface area contributed by atoms with Crippen molar-refractivity contribution in [3.8, 4) is 17.8 Å². The average Bonchev–Trinajstić information content (AvgIpc) is 3.12. The number of carboxylic acid groups (broad SMARTS) is 2. The molecule has 25 nitrogen and oxygen atoms in total. The van der Waals surface area contributed by atoms with Gasteiger partial charge in [-0.3, -0.25) is 10.6 Å². The first-order chi connectivity index (χ1) is 27.0. The van der Waals surface area contributed by atoms with Crippen LogP contribution in [0.15, 0.2) is 52.3 Å². The molecule has 0 radical (unpaired) electrons. The van der Waals surface area contributed by atoms with E-state index in [0.717, 1.165) is 30.5 Å². The summed E-state index contributed by atoms with van der Waals surface area (Å²) in [5, 5.41) is 22.7. The lowest BCUT2D eigenvalue weighted by atomic mass is 10.1. The van der Waals surface area contributed by atoms with E-state index in [1.165, 1.54) is 46.5 Å². The van der Waals surface area contributed by atoms with Gasteiger partial charge >= 0.3 is 30.0 Å². The fourth-order valence-corrected chi connectivity index (χ4v) is 7.49. The first-order valence-corrected chi connectivity index (χ1v) is 21.2. The topological polar surface area (TPSA) is 363 Å². The van der Waals surface area contributed by atoms with Crippen molar-refractivity contribution >= 4 is 88.6 Å². The van der Waals surface area contributed by atoms with Crippen LogP contribution >= 0.6 is 22.6 Å². The second-order valence-electron chi connectivity index (χ2n) is 10.8. The molecule has 4 aromatic rings. The number of halogens is 1. The molecule has 7 N–H and O–H groups in total. The quantitative estimate of drug-likeness (QED) is 0.0857. The van der Waals surface area contributed by atoms with Gasteiger partial charge in [0.1, 0.15) is 15.6 Å². The van der Waals surface area contributed by atoms with Gasteiger partial charge in [-0.15, -0.1) is 0 Å². The zero-order valence-corrected chi connectivity index (χ0v) is 34.9. The van der Waals surface area contributed by atoms with Gasteiger partial charge in [0.25, 0.3) is 20.0 Å². The van der Waals surface area contributed by atoms with E-state index in [1.54, 1.807) is 9.44 Å². The molecule has 2 aromatic carbocycles. The molecule has 4 amide bonds. The van der Waals surface area contributed by atoms with Crippen molar-refractivity contribution < 1.29 is 68.9 Å². The Labute approximate surface area is 342 Å². The molecule has 0 aliphatic rings. The Bertz CT molecular complexity index is 2560. The van der Waals surface area contributed by atoms with E-state index in [4.69, 9.17) is 19.3 Å². The highest BCUT2D eigenvalue weighted by Gasteiger charge is 2.27. The van der Waals surface area contributed by atoms with Crippen molar-refractivity contribution in [1.82, 2.24) is 39.1 Å². The number of nitrogens with one attached hydrogen (secondary N) is 5. The van der Waals surface area contributed by atoms with E-state index >= 15 is 0 Å². The summed E-state index contributed by atoms with van der Waals surface area (Å²) in [4.78, 5) is 64.6. The lowest BCUT2D eigenvalue weighted by Crippen LogP contribution is -2.35. The number of rotatable bonds is 14. The minimum Gasteiger partial charge on any atom is -0.481 e. The molecule has 0 saturated carbocycles. The lowest BCUT2D eigenvalue weighted by Gasteiger charge is -2.12. The third-order valence-corrected chi connectivity index (χ3v) is 10.6. The Morgan fingerprint density at radius 1 is 0.672 bits per heavy atom. The van der Waals surface area contributed by atoms with Gasteiger partial charge in [-0.25, -0.2) is 58.6 Å². The van der Waals surface area contributed by atoms with Crippen LogP contribution in [0.25, 0.3) is 0 Å². The molecule has 0 bridgehead atoms. The molecule has 29 heteroatoms. The molecule has 2 heterocycles. The summed E-state index contributed by atoms with van der Waals surface area (Å²) in [6.07, 6.45) is 0.901. The molecule has 0 unspecified atom stereocenters. The Morgan fingerprint density at radius 3 is 1.62 bits per heavy atom. The number of urea groups is 2. The number of carbonyl (C=O) groups is 4. The van der Waals surface area contributed by atoms with Crippen LogP contribution in [0.1, 0.15) is 32.1 Å². The van der Waals surface area contributed by atoms with Crippen molar-refractivity contribution in [1.29, 1.82) is 0 Å².